The number of ether oxygens (including phenoxy) is 1. The van der Waals surface area contributed by atoms with Crippen LogP contribution in [0.25, 0.3) is 0 Å². The van der Waals surface area contributed by atoms with E-state index in [1.54, 1.807) is 11.1 Å². The molecular weight excluding hydrogens is 348 g/mol. The van der Waals surface area contributed by atoms with Crippen LogP contribution in [0.3, 0.4) is 0 Å². The SMILES string of the molecule is CC(=CCC/C(C)=C/C[C@@H](O)C1=CC(=O)OC1)CCC1=C(C)CCCC1(C)C. The molecule has 0 amide bonds. The second kappa shape index (κ2) is 10.2. The molecule has 28 heavy (non-hydrogen) atoms. The lowest BCUT2D eigenvalue weighted by molar-refractivity contribution is -0.135. The topological polar surface area (TPSA) is 46.5 Å². The lowest BCUT2D eigenvalue weighted by atomic mass is 9.71. The number of carbonyl (C=O) groups is 1. The second-order valence-electron chi connectivity index (χ2n) is 9.21. The Morgan fingerprint density at radius 1 is 1.25 bits per heavy atom. The van der Waals surface area contributed by atoms with Gasteiger partial charge in [0.2, 0.25) is 0 Å². The molecule has 1 atom stereocenters. The smallest absolute Gasteiger partial charge is 0.331 e. The van der Waals surface area contributed by atoms with E-state index in [9.17, 15) is 9.90 Å². The molecule has 1 heterocycles. The van der Waals surface area contributed by atoms with Crippen LogP contribution in [0.2, 0.25) is 0 Å². The number of aliphatic hydroxyl groups excluding tert-OH is 1. The van der Waals surface area contributed by atoms with Gasteiger partial charge in [-0.05, 0) is 77.6 Å². The molecule has 156 valence electrons. The van der Waals surface area contributed by atoms with Crippen LogP contribution in [0.5, 0.6) is 0 Å². The zero-order valence-corrected chi connectivity index (χ0v) is 18.4. The molecule has 0 aromatic heterocycles. The van der Waals surface area contributed by atoms with Crippen molar-refractivity contribution in [2.45, 2.75) is 92.1 Å². The first-order valence-electron chi connectivity index (χ1n) is 10.7. The minimum atomic E-state index is -0.617. The Kier molecular flexibility index (Phi) is 8.30. The number of esters is 1. The molecule has 0 aromatic rings. The molecule has 0 aromatic carbocycles. The number of hydrogen-bond donors (Lipinski definition) is 1. The zero-order chi connectivity index (χ0) is 20.7. The van der Waals surface area contributed by atoms with E-state index in [2.05, 4.69) is 46.8 Å². The summed E-state index contributed by atoms with van der Waals surface area (Å²) in [6.07, 6.45) is 14.1. The molecule has 0 saturated carbocycles. The minimum absolute atomic E-state index is 0.224. The Morgan fingerprint density at radius 2 is 1.96 bits per heavy atom. The average Bonchev–Trinajstić information content (AvgIpc) is 3.05. The summed E-state index contributed by atoms with van der Waals surface area (Å²) in [4.78, 5) is 11.1. The maximum Gasteiger partial charge on any atom is 0.331 e. The summed E-state index contributed by atoms with van der Waals surface area (Å²) in [7, 11) is 0. The van der Waals surface area contributed by atoms with E-state index >= 15 is 0 Å². The van der Waals surface area contributed by atoms with Gasteiger partial charge < -0.3 is 9.84 Å². The minimum Gasteiger partial charge on any atom is -0.458 e. The molecule has 2 aliphatic rings. The predicted molar refractivity (Wildman–Crippen MR) is 116 cm³/mol. The van der Waals surface area contributed by atoms with Crippen LogP contribution in [-0.2, 0) is 9.53 Å². The van der Waals surface area contributed by atoms with Crippen molar-refractivity contribution < 1.29 is 14.6 Å². The molecule has 0 unspecified atom stereocenters. The van der Waals surface area contributed by atoms with Gasteiger partial charge >= 0.3 is 5.97 Å². The molecule has 0 radical (unpaired) electrons. The van der Waals surface area contributed by atoms with Crippen LogP contribution >= 0.6 is 0 Å². The third-order valence-corrected chi connectivity index (χ3v) is 6.29. The van der Waals surface area contributed by atoms with E-state index in [-0.39, 0.29) is 12.6 Å². The third-order valence-electron chi connectivity index (χ3n) is 6.29. The number of aliphatic hydroxyl groups is 1. The second-order valence-corrected chi connectivity index (χ2v) is 9.21. The Hall–Kier alpha value is -1.61. The molecule has 3 nitrogen and oxygen atoms in total. The largest absolute Gasteiger partial charge is 0.458 e. The van der Waals surface area contributed by atoms with E-state index < -0.39 is 6.10 Å². The summed E-state index contributed by atoms with van der Waals surface area (Å²) >= 11 is 0. The van der Waals surface area contributed by atoms with Crippen LogP contribution in [0.1, 0.15) is 86.0 Å². The van der Waals surface area contributed by atoms with Crippen LogP contribution < -0.4 is 0 Å². The molecule has 2 rings (SSSR count). The number of hydrogen-bond acceptors (Lipinski definition) is 3. The third kappa shape index (κ3) is 6.77. The van der Waals surface area contributed by atoms with Gasteiger partial charge in [-0.15, -0.1) is 0 Å². The van der Waals surface area contributed by atoms with Gasteiger partial charge in [0.05, 0.1) is 6.10 Å². The van der Waals surface area contributed by atoms with Crippen molar-refractivity contribution in [2.24, 2.45) is 5.41 Å². The number of rotatable bonds is 9. The van der Waals surface area contributed by atoms with E-state index in [0.717, 1.165) is 19.3 Å². The summed E-state index contributed by atoms with van der Waals surface area (Å²) < 4.78 is 4.85. The quantitative estimate of drug-likeness (QED) is 0.379. The van der Waals surface area contributed by atoms with Crippen LogP contribution in [0, 0.1) is 5.41 Å². The van der Waals surface area contributed by atoms with Crippen LogP contribution in [-0.4, -0.2) is 23.8 Å². The van der Waals surface area contributed by atoms with Crippen LogP contribution in [0.15, 0.2) is 46.1 Å². The van der Waals surface area contributed by atoms with Crippen molar-refractivity contribution in [2.75, 3.05) is 6.61 Å². The molecule has 0 spiro atoms. The summed E-state index contributed by atoms with van der Waals surface area (Å²) in [6.45, 7) is 11.7. The van der Waals surface area contributed by atoms with Gasteiger partial charge in [-0.3, -0.25) is 0 Å². The molecule has 1 aliphatic carbocycles. The first-order chi connectivity index (χ1) is 13.2. The summed E-state index contributed by atoms with van der Waals surface area (Å²) in [6, 6.07) is 0. The Balaban J connectivity index is 1.75. The molecule has 1 aliphatic heterocycles. The first kappa shape index (κ1) is 22.7. The fourth-order valence-electron chi connectivity index (χ4n) is 4.34. The lowest BCUT2D eigenvalue weighted by Gasteiger charge is -2.35. The van der Waals surface area contributed by atoms with Crippen molar-refractivity contribution in [3.8, 4) is 0 Å². The van der Waals surface area contributed by atoms with Crippen molar-refractivity contribution in [1.29, 1.82) is 0 Å². The highest BCUT2D eigenvalue weighted by Gasteiger charge is 2.27. The number of allylic oxidation sites excluding steroid dienone is 5. The van der Waals surface area contributed by atoms with Gasteiger partial charge in [0.1, 0.15) is 6.61 Å². The predicted octanol–water partition coefficient (Wildman–Crippen LogP) is 6.20. The van der Waals surface area contributed by atoms with Crippen molar-refractivity contribution >= 4 is 5.97 Å². The highest BCUT2D eigenvalue weighted by atomic mass is 16.5. The molecule has 0 bridgehead atoms. The van der Waals surface area contributed by atoms with Gasteiger partial charge in [0, 0.05) is 11.6 Å². The Bertz CT molecular complexity index is 689. The maximum atomic E-state index is 11.1. The van der Waals surface area contributed by atoms with Crippen LogP contribution in [0.4, 0.5) is 0 Å². The molecule has 3 heteroatoms. The van der Waals surface area contributed by atoms with Gasteiger partial charge in [0.25, 0.3) is 0 Å². The molecule has 1 N–H and O–H groups in total. The number of cyclic esters (lactones) is 1. The highest BCUT2D eigenvalue weighted by molar-refractivity contribution is 5.85. The fraction of sp³-hybridized carbons (Fsp3) is 0.640. The monoisotopic (exact) mass is 386 g/mol. The average molecular weight is 387 g/mol. The zero-order valence-electron chi connectivity index (χ0n) is 18.4. The van der Waals surface area contributed by atoms with Gasteiger partial charge in [-0.2, -0.15) is 0 Å². The number of carbonyl (C=O) groups excluding carboxylic acids is 1. The van der Waals surface area contributed by atoms with Gasteiger partial charge in [-0.25, -0.2) is 4.79 Å². The van der Waals surface area contributed by atoms with Crippen molar-refractivity contribution in [3.63, 3.8) is 0 Å². The van der Waals surface area contributed by atoms with Crippen molar-refractivity contribution in [1.82, 2.24) is 0 Å². The molecule has 0 saturated heterocycles. The summed E-state index contributed by atoms with van der Waals surface area (Å²) in [5.74, 6) is -0.349. The summed E-state index contributed by atoms with van der Waals surface area (Å²) in [5.41, 5.74) is 7.10. The van der Waals surface area contributed by atoms with E-state index in [4.69, 9.17) is 4.74 Å². The fourth-order valence-corrected chi connectivity index (χ4v) is 4.34. The molecule has 0 fully saturated rings. The Labute approximate surface area is 171 Å². The van der Waals surface area contributed by atoms with Gasteiger partial charge in [0.15, 0.2) is 0 Å². The van der Waals surface area contributed by atoms with Crippen molar-refractivity contribution in [3.05, 3.63) is 46.1 Å². The highest BCUT2D eigenvalue weighted by Crippen LogP contribution is 2.42. The lowest BCUT2D eigenvalue weighted by Crippen LogP contribution is -2.20. The maximum absolute atomic E-state index is 11.1. The Morgan fingerprint density at radius 3 is 2.61 bits per heavy atom. The first-order valence-corrected chi connectivity index (χ1v) is 10.7. The molecular formula is C25H38O3. The van der Waals surface area contributed by atoms with E-state index in [1.165, 1.54) is 42.9 Å². The summed E-state index contributed by atoms with van der Waals surface area (Å²) in [5, 5.41) is 10.1. The van der Waals surface area contributed by atoms with Gasteiger partial charge in [-0.1, -0.05) is 48.3 Å². The standard InChI is InChI=1S/C25H38O3/c1-18(11-13-22-20(3)10-7-15-25(22,4)5)8-6-9-19(2)12-14-23(26)21-16-24(27)28-17-21/h8,12,16,23,26H,6-7,9-11,13-15,17H2,1-5H3/b18-8?,19-12+/t23-/m1/s1. The normalized spacial score (nSPS) is 21.6. The van der Waals surface area contributed by atoms with E-state index in [0.29, 0.717) is 17.4 Å². The van der Waals surface area contributed by atoms with E-state index in [1.807, 2.05) is 0 Å².